The van der Waals surface area contributed by atoms with Crippen molar-refractivity contribution in [2.75, 3.05) is 6.61 Å². The van der Waals surface area contributed by atoms with Gasteiger partial charge in [-0.25, -0.2) is 0 Å². The molecule has 0 aliphatic heterocycles. The monoisotopic (exact) mass is 315 g/mol. The molecule has 1 aromatic rings. The van der Waals surface area contributed by atoms with E-state index < -0.39 is 0 Å². The van der Waals surface area contributed by atoms with Crippen molar-refractivity contribution in [3.05, 3.63) is 22.1 Å². The van der Waals surface area contributed by atoms with Crippen LogP contribution in [0.4, 0.5) is 0 Å². The molecule has 2 unspecified atom stereocenters. The second kappa shape index (κ2) is 5.05. The van der Waals surface area contributed by atoms with Crippen LogP contribution in [0.1, 0.15) is 42.3 Å². The summed E-state index contributed by atoms with van der Waals surface area (Å²) in [5.74, 6) is 0.138. The lowest BCUT2D eigenvalue weighted by Gasteiger charge is -2.29. The largest absolute Gasteiger partial charge is 0.444 e. The van der Waals surface area contributed by atoms with Gasteiger partial charge in [-0.15, -0.1) is 0 Å². The lowest BCUT2D eigenvalue weighted by atomic mass is 9.86. The van der Waals surface area contributed by atoms with Gasteiger partial charge in [-0.05, 0) is 41.8 Å². The molecule has 100 valence electrons. The summed E-state index contributed by atoms with van der Waals surface area (Å²) in [7, 11) is 0. The number of amides is 1. The first-order chi connectivity index (χ1) is 8.46. The van der Waals surface area contributed by atoms with Gasteiger partial charge in [0, 0.05) is 17.0 Å². The summed E-state index contributed by atoms with van der Waals surface area (Å²) in [6, 6.07) is 1.78. The molecule has 0 radical (unpaired) electrons. The summed E-state index contributed by atoms with van der Waals surface area (Å²) >= 11 is 3.21. The van der Waals surface area contributed by atoms with Crippen LogP contribution in [0.3, 0.4) is 0 Å². The summed E-state index contributed by atoms with van der Waals surface area (Å²) in [4.78, 5) is 12.1. The van der Waals surface area contributed by atoms with E-state index in [4.69, 9.17) is 4.42 Å². The van der Waals surface area contributed by atoms with Gasteiger partial charge in [-0.2, -0.15) is 0 Å². The number of nitrogens with one attached hydrogen (secondary N) is 1. The number of hydrogen-bond acceptors (Lipinski definition) is 3. The first kappa shape index (κ1) is 13.6. The molecule has 1 fully saturated rings. The molecule has 0 aromatic carbocycles. The highest BCUT2D eigenvalue weighted by atomic mass is 79.9. The third-order valence-electron chi connectivity index (χ3n) is 3.84. The molecular formula is C13H18BrNO3. The minimum Gasteiger partial charge on any atom is -0.444 e. The molecule has 2 N–H and O–H groups in total. The van der Waals surface area contributed by atoms with Gasteiger partial charge in [0.1, 0.15) is 0 Å². The van der Waals surface area contributed by atoms with Crippen LogP contribution in [0.25, 0.3) is 0 Å². The molecule has 0 bridgehead atoms. The average molecular weight is 316 g/mol. The third kappa shape index (κ3) is 2.47. The lowest BCUT2D eigenvalue weighted by molar-refractivity contribution is 0.0803. The highest BCUT2D eigenvalue weighted by molar-refractivity contribution is 9.10. The molecule has 1 aliphatic rings. The molecule has 18 heavy (non-hydrogen) atoms. The molecule has 2 rings (SSSR count). The predicted molar refractivity (Wildman–Crippen MR) is 71.4 cm³/mol. The molecule has 0 saturated heterocycles. The van der Waals surface area contributed by atoms with Crippen LogP contribution >= 0.6 is 15.9 Å². The van der Waals surface area contributed by atoms with E-state index in [0.29, 0.717) is 10.4 Å². The zero-order chi connectivity index (χ0) is 13.3. The Kier molecular flexibility index (Phi) is 3.82. The van der Waals surface area contributed by atoms with Crippen LogP contribution in [0.5, 0.6) is 0 Å². The Morgan fingerprint density at radius 1 is 1.72 bits per heavy atom. The van der Waals surface area contributed by atoms with Gasteiger partial charge in [0.05, 0.1) is 6.61 Å². The Morgan fingerprint density at radius 2 is 2.44 bits per heavy atom. The Balaban J connectivity index is 2.10. The van der Waals surface area contributed by atoms with Crippen molar-refractivity contribution < 1.29 is 14.3 Å². The second-order valence-corrected chi connectivity index (χ2v) is 6.07. The molecule has 1 saturated carbocycles. The molecule has 0 spiro atoms. The minimum absolute atomic E-state index is 0.0123. The molecule has 5 heteroatoms. The quantitative estimate of drug-likeness (QED) is 0.901. The predicted octanol–water partition coefficient (Wildman–Crippen LogP) is 2.63. The fourth-order valence-electron chi connectivity index (χ4n) is 2.56. The highest BCUT2D eigenvalue weighted by Crippen LogP contribution is 2.37. The van der Waals surface area contributed by atoms with Gasteiger partial charge in [-0.3, -0.25) is 4.79 Å². The molecule has 1 aromatic heterocycles. The maximum absolute atomic E-state index is 12.1. The van der Waals surface area contributed by atoms with Crippen LogP contribution in [0, 0.1) is 12.3 Å². The van der Waals surface area contributed by atoms with Crippen molar-refractivity contribution in [3.63, 3.8) is 0 Å². The van der Waals surface area contributed by atoms with E-state index in [2.05, 4.69) is 21.2 Å². The summed E-state index contributed by atoms with van der Waals surface area (Å²) in [5, 5.41) is 12.4. The normalized spacial score (nSPS) is 27.4. The van der Waals surface area contributed by atoms with Crippen LogP contribution in [-0.2, 0) is 0 Å². The SMILES string of the molecule is Cc1cc(Br)oc1C(=O)NC1CCCC1(C)CO. The van der Waals surface area contributed by atoms with E-state index in [-0.39, 0.29) is 24.0 Å². The van der Waals surface area contributed by atoms with Gasteiger partial charge in [0.2, 0.25) is 0 Å². The van der Waals surface area contributed by atoms with Crippen LogP contribution in [-0.4, -0.2) is 23.7 Å². The number of hydrogen-bond donors (Lipinski definition) is 2. The number of aliphatic hydroxyl groups is 1. The summed E-state index contributed by atoms with van der Waals surface area (Å²) in [6.07, 6.45) is 2.88. The molecule has 1 aliphatic carbocycles. The van der Waals surface area contributed by atoms with Gasteiger partial charge >= 0.3 is 0 Å². The number of halogens is 1. The average Bonchev–Trinajstić information content (AvgIpc) is 2.84. The summed E-state index contributed by atoms with van der Waals surface area (Å²) in [5.41, 5.74) is 0.594. The number of carbonyl (C=O) groups is 1. The van der Waals surface area contributed by atoms with Crippen LogP contribution in [0.2, 0.25) is 0 Å². The minimum atomic E-state index is -0.215. The number of carbonyl (C=O) groups excluding carboxylic acids is 1. The van der Waals surface area contributed by atoms with E-state index in [1.165, 1.54) is 0 Å². The third-order valence-corrected chi connectivity index (χ3v) is 4.23. The van der Waals surface area contributed by atoms with E-state index in [0.717, 1.165) is 24.8 Å². The van der Waals surface area contributed by atoms with Gasteiger partial charge in [-0.1, -0.05) is 13.3 Å². The van der Waals surface area contributed by atoms with Crippen molar-refractivity contribution in [2.24, 2.45) is 5.41 Å². The van der Waals surface area contributed by atoms with E-state index in [1.54, 1.807) is 6.07 Å². The molecule has 4 nitrogen and oxygen atoms in total. The van der Waals surface area contributed by atoms with Gasteiger partial charge in [0.25, 0.3) is 5.91 Å². The van der Waals surface area contributed by atoms with E-state index >= 15 is 0 Å². The van der Waals surface area contributed by atoms with E-state index in [1.807, 2.05) is 13.8 Å². The fourth-order valence-corrected chi connectivity index (χ4v) is 3.07. The summed E-state index contributed by atoms with van der Waals surface area (Å²) < 4.78 is 5.89. The van der Waals surface area contributed by atoms with Crippen molar-refractivity contribution >= 4 is 21.8 Å². The smallest absolute Gasteiger partial charge is 0.287 e. The Hall–Kier alpha value is -0.810. The zero-order valence-electron chi connectivity index (χ0n) is 10.6. The number of rotatable bonds is 3. The lowest BCUT2D eigenvalue weighted by Crippen LogP contribution is -2.44. The van der Waals surface area contributed by atoms with Crippen LogP contribution in [0.15, 0.2) is 15.2 Å². The van der Waals surface area contributed by atoms with Gasteiger partial charge in [0.15, 0.2) is 10.4 Å². The molecular weight excluding hydrogens is 298 g/mol. The number of furan rings is 1. The zero-order valence-corrected chi connectivity index (χ0v) is 12.2. The van der Waals surface area contributed by atoms with Crippen molar-refractivity contribution in [1.29, 1.82) is 0 Å². The first-order valence-electron chi connectivity index (χ1n) is 6.14. The topological polar surface area (TPSA) is 62.5 Å². The Bertz CT molecular complexity index is 457. The highest BCUT2D eigenvalue weighted by Gasteiger charge is 2.39. The Morgan fingerprint density at radius 3 is 3.00 bits per heavy atom. The standard InChI is InChI=1S/C13H18BrNO3/c1-8-6-10(14)18-11(8)12(17)15-9-4-3-5-13(9,2)7-16/h6,9,16H,3-5,7H2,1-2H3,(H,15,17). The second-order valence-electron chi connectivity index (χ2n) is 5.29. The maximum Gasteiger partial charge on any atom is 0.287 e. The number of aryl methyl sites for hydroxylation is 1. The summed E-state index contributed by atoms with van der Waals surface area (Å²) in [6.45, 7) is 3.94. The Labute approximate surface area is 115 Å². The van der Waals surface area contributed by atoms with Crippen LogP contribution < -0.4 is 5.32 Å². The molecule has 1 heterocycles. The van der Waals surface area contributed by atoms with Crippen molar-refractivity contribution in [3.8, 4) is 0 Å². The molecule has 1 amide bonds. The first-order valence-corrected chi connectivity index (χ1v) is 6.93. The fraction of sp³-hybridized carbons (Fsp3) is 0.615. The maximum atomic E-state index is 12.1. The molecule has 2 atom stereocenters. The van der Waals surface area contributed by atoms with Crippen molar-refractivity contribution in [1.82, 2.24) is 5.32 Å². The van der Waals surface area contributed by atoms with E-state index in [9.17, 15) is 9.90 Å². The van der Waals surface area contributed by atoms with Gasteiger partial charge < -0.3 is 14.8 Å². The number of aliphatic hydroxyl groups excluding tert-OH is 1. The van der Waals surface area contributed by atoms with Crippen molar-refractivity contribution in [2.45, 2.75) is 39.2 Å².